The van der Waals surface area contributed by atoms with Gasteiger partial charge < -0.3 is 4.90 Å². The molecule has 0 N–H and O–H groups in total. The predicted molar refractivity (Wildman–Crippen MR) is 86.7 cm³/mol. The lowest BCUT2D eigenvalue weighted by Crippen LogP contribution is -2.49. The van der Waals surface area contributed by atoms with E-state index in [4.69, 9.17) is 11.6 Å². The summed E-state index contributed by atoms with van der Waals surface area (Å²) in [7, 11) is 0. The molecule has 23 heavy (non-hydrogen) atoms. The van der Waals surface area contributed by atoms with Gasteiger partial charge in [-0.2, -0.15) is 0 Å². The Balaban J connectivity index is 1.65. The molecule has 2 unspecified atom stereocenters. The lowest BCUT2D eigenvalue weighted by Gasteiger charge is -2.39. The molecule has 3 fully saturated rings. The summed E-state index contributed by atoms with van der Waals surface area (Å²) in [6.07, 6.45) is 4.56. The van der Waals surface area contributed by atoms with Gasteiger partial charge in [-0.1, -0.05) is 18.0 Å². The van der Waals surface area contributed by atoms with E-state index in [1.165, 1.54) is 25.3 Å². The second-order valence-electron chi connectivity index (χ2n) is 6.71. The maximum Gasteiger partial charge on any atom is 0.294 e. The van der Waals surface area contributed by atoms with E-state index in [1.54, 1.807) is 17.0 Å². The number of likely N-dealkylation sites (tertiary alicyclic amines) is 1. The van der Waals surface area contributed by atoms with E-state index in [0.717, 1.165) is 13.0 Å². The van der Waals surface area contributed by atoms with E-state index in [-0.39, 0.29) is 17.5 Å². The number of fused-ring (bicyclic) bond motifs is 2. The Kier molecular flexibility index (Phi) is 3.54. The van der Waals surface area contributed by atoms with E-state index < -0.39 is 4.92 Å². The van der Waals surface area contributed by atoms with E-state index in [1.807, 2.05) is 0 Å². The predicted octanol–water partition coefficient (Wildman–Crippen LogP) is 2.84. The zero-order chi connectivity index (χ0) is 16.1. The fourth-order valence-corrected chi connectivity index (χ4v) is 4.24. The van der Waals surface area contributed by atoms with Crippen LogP contribution in [-0.4, -0.2) is 40.9 Å². The smallest absolute Gasteiger partial charge is 0.294 e. The van der Waals surface area contributed by atoms with Crippen molar-refractivity contribution >= 4 is 28.9 Å². The maximum absolute atomic E-state index is 12.8. The highest BCUT2D eigenvalue weighted by molar-refractivity contribution is 6.31. The molecule has 1 amide bonds. The Labute approximate surface area is 139 Å². The molecular weight excluding hydrogens is 318 g/mol. The van der Waals surface area contributed by atoms with Crippen LogP contribution < -0.4 is 4.90 Å². The zero-order valence-corrected chi connectivity index (χ0v) is 13.4. The first-order chi connectivity index (χ1) is 11.0. The molecule has 4 rings (SSSR count). The minimum atomic E-state index is -0.464. The topological polar surface area (TPSA) is 66.7 Å². The number of halogens is 1. The van der Waals surface area contributed by atoms with Gasteiger partial charge in [0.1, 0.15) is 5.69 Å². The molecule has 1 aliphatic carbocycles. The van der Waals surface area contributed by atoms with Gasteiger partial charge in [-0.3, -0.25) is 19.8 Å². The third-order valence-electron chi connectivity index (χ3n) is 5.43. The number of hydrogen-bond acceptors (Lipinski definition) is 4. The third kappa shape index (κ3) is 2.40. The molecule has 0 spiro atoms. The van der Waals surface area contributed by atoms with Crippen molar-refractivity contribution in [2.24, 2.45) is 5.92 Å². The van der Waals surface area contributed by atoms with Crippen molar-refractivity contribution in [2.45, 2.75) is 37.8 Å². The Morgan fingerprint density at radius 2 is 2.00 bits per heavy atom. The van der Waals surface area contributed by atoms with Gasteiger partial charge in [-0.25, -0.2) is 0 Å². The molecular formula is C16H18ClN3O3. The number of piperidine rings is 1. The highest BCUT2D eigenvalue weighted by Crippen LogP contribution is 2.41. The number of nitrogens with zero attached hydrogens (tertiary/aromatic N) is 3. The molecule has 3 aliphatic rings. The first-order valence-electron chi connectivity index (χ1n) is 8.05. The first kappa shape index (κ1) is 14.9. The summed E-state index contributed by atoms with van der Waals surface area (Å²) >= 11 is 5.88. The average Bonchev–Trinajstić information content (AvgIpc) is 2.80. The van der Waals surface area contributed by atoms with Crippen LogP contribution in [0.5, 0.6) is 0 Å². The van der Waals surface area contributed by atoms with Crippen LogP contribution in [0.25, 0.3) is 0 Å². The van der Waals surface area contributed by atoms with Gasteiger partial charge in [0.25, 0.3) is 5.69 Å². The summed E-state index contributed by atoms with van der Waals surface area (Å²) in [4.78, 5) is 27.7. The number of rotatable bonds is 3. The fraction of sp³-hybridized carbons (Fsp3) is 0.562. The summed E-state index contributed by atoms with van der Waals surface area (Å²) in [5.41, 5.74) is 0.275. The Bertz CT molecular complexity index is 677. The minimum absolute atomic E-state index is 0.00787. The van der Waals surface area contributed by atoms with Crippen LogP contribution in [0.1, 0.15) is 25.7 Å². The van der Waals surface area contributed by atoms with Gasteiger partial charge in [-0.05, 0) is 31.4 Å². The molecule has 122 valence electrons. The fourth-order valence-electron chi connectivity index (χ4n) is 4.08. The van der Waals surface area contributed by atoms with Crippen molar-refractivity contribution in [3.05, 3.63) is 33.3 Å². The lowest BCUT2D eigenvalue weighted by molar-refractivity contribution is -0.384. The second-order valence-corrected chi connectivity index (χ2v) is 7.14. The Morgan fingerprint density at radius 3 is 2.65 bits per heavy atom. The van der Waals surface area contributed by atoms with E-state index in [9.17, 15) is 14.9 Å². The summed E-state index contributed by atoms with van der Waals surface area (Å²) < 4.78 is 0. The van der Waals surface area contributed by atoms with Crippen molar-refractivity contribution in [3.8, 4) is 0 Å². The number of anilines is 1. The SMILES string of the molecule is O=C1C2CC(CN1c1ccc(Cl)cc1[N+](=O)[O-])N(C1CCC1)C2. The molecule has 2 bridgehead atoms. The van der Waals surface area contributed by atoms with Crippen molar-refractivity contribution in [1.82, 2.24) is 4.90 Å². The number of amides is 1. The standard InChI is InChI=1S/C16H18ClN3O3/c17-11-4-5-14(15(7-11)20(22)23)19-9-13-6-10(16(19)21)8-18(13)12-2-1-3-12/h4-5,7,10,12-13H,1-3,6,8-9H2. The monoisotopic (exact) mass is 335 g/mol. The van der Waals surface area contributed by atoms with Crippen LogP contribution in [0.4, 0.5) is 11.4 Å². The van der Waals surface area contributed by atoms with E-state index in [0.29, 0.717) is 29.3 Å². The maximum atomic E-state index is 12.8. The molecule has 2 saturated heterocycles. The van der Waals surface area contributed by atoms with Crippen molar-refractivity contribution in [3.63, 3.8) is 0 Å². The minimum Gasteiger partial charge on any atom is -0.305 e. The number of carbonyl (C=O) groups excluding carboxylic acids is 1. The van der Waals surface area contributed by atoms with Crippen molar-refractivity contribution < 1.29 is 9.72 Å². The highest BCUT2D eigenvalue weighted by atomic mass is 35.5. The molecule has 6 nitrogen and oxygen atoms in total. The number of hydrogen-bond donors (Lipinski definition) is 0. The van der Waals surface area contributed by atoms with Crippen LogP contribution in [0.3, 0.4) is 0 Å². The molecule has 0 radical (unpaired) electrons. The number of benzene rings is 1. The van der Waals surface area contributed by atoms with Crippen LogP contribution in [-0.2, 0) is 4.79 Å². The van der Waals surface area contributed by atoms with Crippen molar-refractivity contribution in [1.29, 1.82) is 0 Å². The van der Waals surface area contributed by atoms with Gasteiger partial charge in [0.05, 0.1) is 10.8 Å². The Hall–Kier alpha value is -1.66. The molecule has 1 aromatic rings. The summed E-state index contributed by atoms with van der Waals surface area (Å²) in [6.45, 7) is 1.33. The largest absolute Gasteiger partial charge is 0.305 e. The quantitative estimate of drug-likeness (QED) is 0.629. The Morgan fingerprint density at radius 1 is 1.22 bits per heavy atom. The summed E-state index contributed by atoms with van der Waals surface area (Å²) in [6, 6.07) is 5.44. The molecule has 0 aromatic heterocycles. The number of nitro benzene ring substituents is 1. The first-order valence-corrected chi connectivity index (χ1v) is 8.43. The summed E-state index contributed by atoms with van der Waals surface area (Å²) in [5, 5.41) is 11.6. The van der Waals surface area contributed by atoms with E-state index >= 15 is 0 Å². The summed E-state index contributed by atoms with van der Waals surface area (Å²) in [5.74, 6) is -0.0295. The number of carbonyl (C=O) groups is 1. The molecule has 1 aromatic carbocycles. The van der Waals surface area contributed by atoms with Gasteiger partial charge in [0, 0.05) is 36.3 Å². The number of nitro groups is 1. The molecule has 1 saturated carbocycles. The molecule has 2 aliphatic heterocycles. The average molecular weight is 336 g/mol. The third-order valence-corrected chi connectivity index (χ3v) is 5.67. The normalized spacial score (nSPS) is 28.0. The lowest BCUT2D eigenvalue weighted by atomic mass is 9.91. The van der Waals surface area contributed by atoms with Crippen LogP contribution in [0.2, 0.25) is 5.02 Å². The van der Waals surface area contributed by atoms with E-state index in [2.05, 4.69) is 4.90 Å². The van der Waals surface area contributed by atoms with Crippen LogP contribution >= 0.6 is 11.6 Å². The second kappa shape index (κ2) is 5.46. The van der Waals surface area contributed by atoms with Crippen molar-refractivity contribution in [2.75, 3.05) is 18.0 Å². The van der Waals surface area contributed by atoms with Gasteiger partial charge in [0.15, 0.2) is 0 Å². The molecule has 2 heterocycles. The van der Waals surface area contributed by atoms with Crippen LogP contribution in [0, 0.1) is 16.0 Å². The van der Waals surface area contributed by atoms with Gasteiger partial charge in [0.2, 0.25) is 5.91 Å². The van der Waals surface area contributed by atoms with Gasteiger partial charge >= 0.3 is 0 Å². The highest BCUT2D eigenvalue weighted by Gasteiger charge is 2.48. The molecule has 7 heteroatoms. The van der Waals surface area contributed by atoms with Crippen LogP contribution in [0.15, 0.2) is 18.2 Å². The zero-order valence-electron chi connectivity index (χ0n) is 12.7. The van der Waals surface area contributed by atoms with Gasteiger partial charge in [-0.15, -0.1) is 0 Å². The molecule has 2 atom stereocenters.